The van der Waals surface area contributed by atoms with Gasteiger partial charge in [-0.2, -0.15) is 0 Å². The maximum atomic E-state index is 13.1. The van der Waals surface area contributed by atoms with Crippen LogP contribution in [0.25, 0.3) is 0 Å². The Kier molecular flexibility index (Phi) is 13.2. The molecule has 0 bridgehead atoms. The molecule has 0 spiro atoms. The van der Waals surface area contributed by atoms with Gasteiger partial charge in [-0.15, -0.1) is 0 Å². The molecule has 0 aromatic rings. The third kappa shape index (κ3) is 10.3. The van der Waals surface area contributed by atoms with E-state index in [9.17, 15) is 29.1 Å². The molecule has 11 heteroatoms. The summed E-state index contributed by atoms with van der Waals surface area (Å²) in [6.45, 7) is 11.1. The predicted octanol–water partition coefficient (Wildman–Crippen LogP) is 2.88. The topological polar surface area (TPSA) is 148 Å². The van der Waals surface area contributed by atoms with Gasteiger partial charge in [0, 0.05) is 26.1 Å². The van der Waals surface area contributed by atoms with Crippen LogP contribution in [0.2, 0.25) is 0 Å². The molecule has 0 aliphatic carbocycles. The first-order chi connectivity index (χ1) is 18.8. The van der Waals surface area contributed by atoms with Crippen molar-refractivity contribution in [3.05, 3.63) is 0 Å². The number of carbonyl (C=O) groups excluding carboxylic acids is 4. The number of carboxylic acids is 1. The summed E-state index contributed by atoms with van der Waals surface area (Å²) in [4.78, 5) is 65.9. The first-order valence-corrected chi connectivity index (χ1v) is 15.0. The molecule has 4 atom stereocenters. The number of rotatable bonds is 15. The molecule has 228 valence electrons. The van der Waals surface area contributed by atoms with Crippen LogP contribution >= 0.6 is 0 Å². The number of aliphatic carboxylic acids is 1. The maximum absolute atomic E-state index is 13.1. The van der Waals surface area contributed by atoms with Gasteiger partial charge in [-0.05, 0) is 37.0 Å². The summed E-state index contributed by atoms with van der Waals surface area (Å²) in [6, 6.07) is -2.60. The van der Waals surface area contributed by atoms with Gasteiger partial charge in [-0.3, -0.25) is 14.4 Å². The second-order valence-corrected chi connectivity index (χ2v) is 12.4. The summed E-state index contributed by atoms with van der Waals surface area (Å²) in [5.41, 5.74) is -0.310. The fourth-order valence-electron chi connectivity index (χ4n) is 5.39. The van der Waals surface area contributed by atoms with Gasteiger partial charge in [-0.1, -0.05) is 66.7 Å². The number of hydrogen-bond acceptors (Lipinski definition) is 5. The molecule has 0 aromatic heterocycles. The van der Waals surface area contributed by atoms with Crippen LogP contribution in [0.3, 0.4) is 0 Å². The summed E-state index contributed by atoms with van der Waals surface area (Å²) >= 11 is 0. The van der Waals surface area contributed by atoms with Crippen molar-refractivity contribution in [3.8, 4) is 0 Å². The summed E-state index contributed by atoms with van der Waals surface area (Å²) in [6.07, 6.45) is 8.46. The quantitative estimate of drug-likeness (QED) is 0.225. The van der Waals surface area contributed by atoms with Crippen LogP contribution in [0.15, 0.2) is 0 Å². The minimum Gasteiger partial charge on any atom is -0.480 e. The van der Waals surface area contributed by atoms with E-state index in [0.717, 1.165) is 38.5 Å². The molecule has 2 aliphatic heterocycles. The zero-order chi connectivity index (χ0) is 29.9. The Labute approximate surface area is 239 Å². The lowest BCUT2D eigenvalue weighted by molar-refractivity contribution is -0.145. The zero-order valence-electron chi connectivity index (χ0n) is 25.1. The van der Waals surface area contributed by atoms with Crippen LogP contribution < -0.4 is 16.0 Å². The molecule has 3 unspecified atom stereocenters. The van der Waals surface area contributed by atoms with E-state index in [1.54, 1.807) is 4.90 Å². The van der Waals surface area contributed by atoms with Crippen molar-refractivity contribution < 1.29 is 29.1 Å². The van der Waals surface area contributed by atoms with Crippen LogP contribution in [0.5, 0.6) is 0 Å². The Hall–Kier alpha value is -2.85. The van der Waals surface area contributed by atoms with E-state index < -0.39 is 35.9 Å². The van der Waals surface area contributed by atoms with E-state index in [2.05, 4.69) is 22.9 Å². The molecular weight excluding hydrogens is 514 g/mol. The largest absolute Gasteiger partial charge is 0.480 e. The average molecular weight is 566 g/mol. The van der Waals surface area contributed by atoms with Crippen molar-refractivity contribution >= 4 is 29.7 Å². The van der Waals surface area contributed by atoms with Gasteiger partial charge >= 0.3 is 12.0 Å². The summed E-state index contributed by atoms with van der Waals surface area (Å²) < 4.78 is 0. The lowest BCUT2D eigenvalue weighted by atomic mass is 9.86. The Balaban J connectivity index is 1.89. The molecule has 4 N–H and O–H groups in total. The second-order valence-electron chi connectivity index (χ2n) is 12.4. The number of unbranched alkanes of at least 4 members (excludes halogenated alkanes) is 4. The van der Waals surface area contributed by atoms with E-state index in [0.29, 0.717) is 45.3 Å². The molecule has 2 fully saturated rings. The van der Waals surface area contributed by atoms with Crippen LogP contribution in [-0.4, -0.2) is 88.9 Å². The van der Waals surface area contributed by atoms with Crippen molar-refractivity contribution in [2.45, 2.75) is 117 Å². The van der Waals surface area contributed by atoms with Crippen molar-refractivity contribution in [2.24, 2.45) is 11.3 Å². The normalized spacial score (nSPS) is 19.7. The number of hydrogen-bond donors (Lipinski definition) is 4. The molecule has 5 amide bonds. The third-order valence-electron chi connectivity index (χ3n) is 8.10. The number of amides is 5. The van der Waals surface area contributed by atoms with Gasteiger partial charge in [0.1, 0.15) is 12.1 Å². The van der Waals surface area contributed by atoms with Crippen LogP contribution in [0, 0.1) is 11.3 Å². The zero-order valence-corrected chi connectivity index (χ0v) is 25.1. The minimum absolute atomic E-state index is 0.0801. The molecule has 2 rings (SSSR count). The second kappa shape index (κ2) is 15.8. The highest BCUT2D eigenvalue weighted by Crippen LogP contribution is 2.23. The number of likely N-dealkylation sites (tertiary alicyclic amines) is 2. The number of carboxylic acid groups (broad SMARTS) is 1. The highest BCUT2D eigenvalue weighted by atomic mass is 16.4. The van der Waals surface area contributed by atoms with E-state index >= 15 is 0 Å². The molecule has 40 heavy (non-hydrogen) atoms. The van der Waals surface area contributed by atoms with E-state index in [1.165, 1.54) is 4.90 Å². The number of urea groups is 1. The Morgan fingerprint density at radius 1 is 1.02 bits per heavy atom. The number of carbonyl (C=O) groups is 5. The molecule has 0 saturated carbocycles. The lowest BCUT2D eigenvalue weighted by Gasteiger charge is -2.34. The first kappa shape index (κ1) is 33.4. The molecule has 2 saturated heterocycles. The lowest BCUT2D eigenvalue weighted by Crippen LogP contribution is -2.56. The van der Waals surface area contributed by atoms with Crippen molar-refractivity contribution in [3.63, 3.8) is 0 Å². The Bertz CT molecular complexity index is 889. The molecule has 2 heterocycles. The fraction of sp³-hybridized carbons (Fsp3) is 0.828. The van der Waals surface area contributed by atoms with Gasteiger partial charge in [0.05, 0.1) is 12.6 Å². The van der Waals surface area contributed by atoms with Gasteiger partial charge in [0.25, 0.3) is 0 Å². The maximum Gasteiger partial charge on any atom is 0.326 e. The summed E-state index contributed by atoms with van der Waals surface area (Å²) in [7, 11) is 0. The molecular formula is C29H51N5O6. The first-order valence-electron chi connectivity index (χ1n) is 15.0. The molecule has 11 nitrogen and oxygen atoms in total. The average Bonchev–Trinajstić information content (AvgIpc) is 3.53. The van der Waals surface area contributed by atoms with Crippen LogP contribution in [-0.2, 0) is 19.2 Å². The third-order valence-corrected chi connectivity index (χ3v) is 8.10. The van der Waals surface area contributed by atoms with Crippen molar-refractivity contribution in [1.29, 1.82) is 0 Å². The van der Waals surface area contributed by atoms with Gasteiger partial charge < -0.3 is 30.9 Å². The fourth-order valence-corrected chi connectivity index (χ4v) is 5.39. The Morgan fingerprint density at radius 3 is 2.33 bits per heavy atom. The summed E-state index contributed by atoms with van der Waals surface area (Å²) in [5, 5.41) is 17.9. The predicted molar refractivity (Wildman–Crippen MR) is 152 cm³/mol. The highest BCUT2D eigenvalue weighted by molar-refractivity contribution is 5.92. The highest BCUT2D eigenvalue weighted by Gasteiger charge is 2.37. The molecule has 0 radical (unpaired) electrons. The Morgan fingerprint density at radius 2 is 1.73 bits per heavy atom. The number of nitrogens with zero attached hydrogens (tertiary/aromatic N) is 2. The van der Waals surface area contributed by atoms with Crippen molar-refractivity contribution in [2.75, 3.05) is 26.2 Å². The smallest absolute Gasteiger partial charge is 0.326 e. The minimum atomic E-state index is -1.08. The molecule has 0 aromatic carbocycles. The van der Waals surface area contributed by atoms with E-state index in [-0.39, 0.29) is 29.8 Å². The van der Waals surface area contributed by atoms with E-state index in [4.69, 9.17) is 0 Å². The molecule has 2 aliphatic rings. The summed E-state index contributed by atoms with van der Waals surface area (Å²) in [5.74, 6) is -2.09. The van der Waals surface area contributed by atoms with Gasteiger partial charge in [0.2, 0.25) is 17.7 Å². The standard InChI is InChI=1S/C29H51N5O6/c1-6-7-8-9-10-13-20(2)25(27(38)39)32-26(37)21-14-11-17-34(21)24(36)18-30-28(40)31-22(29(3,4)5)19-33-16-12-15-23(33)35/h20-22,25H,6-19H2,1-5H3,(H,32,37)(H,38,39)(H2,30,31,40)/t20?,21-,22?,25?/m0/s1. The van der Waals surface area contributed by atoms with Crippen LogP contribution in [0.1, 0.15) is 98.8 Å². The monoisotopic (exact) mass is 565 g/mol. The van der Waals surface area contributed by atoms with Gasteiger partial charge in [-0.25, -0.2) is 9.59 Å². The van der Waals surface area contributed by atoms with Crippen molar-refractivity contribution in [1.82, 2.24) is 25.8 Å². The SMILES string of the molecule is CCCCCCCC(C)C(NC(=O)[C@@H]1CCCN1C(=O)CNC(=O)NC(CN1CCCC1=O)C(C)(C)C)C(=O)O. The van der Waals surface area contributed by atoms with E-state index in [1.807, 2.05) is 27.7 Å². The van der Waals surface area contributed by atoms with Crippen LogP contribution in [0.4, 0.5) is 4.79 Å². The number of nitrogens with one attached hydrogen (secondary N) is 3. The van der Waals surface area contributed by atoms with Gasteiger partial charge in [0.15, 0.2) is 0 Å².